The maximum Gasteiger partial charge on any atom is 0.156 e. The van der Waals surface area contributed by atoms with E-state index in [1.165, 1.54) is 22.3 Å². The lowest BCUT2D eigenvalue weighted by molar-refractivity contribution is -0.115. The molecule has 0 saturated heterocycles. The number of allylic oxidation sites excluding steroid dienone is 3. The Balaban J connectivity index is 1.76. The van der Waals surface area contributed by atoms with Crippen molar-refractivity contribution >= 4 is 11.9 Å². The Bertz CT molecular complexity index is 746. The molecule has 0 unspecified atom stereocenters. The van der Waals surface area contributed by atoms with E-state index < -0.39 is 0 Å². The third kappa shape index (κ3) is 4.07. The second-order valence-electron chi connectivity index (χ2n) is 6.45. The number of benzene rings is 2. The highest BCUT2D eigenvalue weighted by atomic mass is 16.1. The summed E-state index contributed by atoms with van der Waals surface area (Å²) in [4.78, 5) is 12.1. The van der Waals surface area contributed by atoms with Gasteiger partial charge in [-0.1, -0.05) is 71.8 Å². The molecule has 116 valence electrons. The van der Waals surface area contributed by atoms with E-state index in [4.69, 9.17) is 0 Å². The van der Waals surface area contributed by atoms with Crippen molar-refractivity contribution in [2.45, 2.75) is 32.6 Å². The summed E-state index contributed by atoms with van der Waals surface area (Å²) in [6.07, 6.45) is 7.52. The molecule has 2 aromatic carbocycles. The largest absolute Gasteiger partial charge is 0.295 e. The van der Waals surface area contributed by atoms with Crippen molar-refractivity contribution in [3.63, 3.8) is 0 Å². The van der Waals surface area contributed by atoms with Crippen LogP contribution in [-0.2, 0) is 4.79 Å². The van der Waals surface area contributed by atoms with E-state index in [0.717, 1.165) is 12.0 Å². The van der Waals surface area contributed by atoms with E-state index in [0.29, 0.717) is 12.3 Å². The molecule has 0 radical (unpaired) electrons. The Kier molecular flexibility index (Phi) is 4.57. The molecule has 3 rings (SSSR count). The van der Waals surface area contributed by atoms with E-state index in [1.807, 2.05) is 0 Å². The monoisotopic (exact) mass is 302 g/mol. The van der Waals surface area contributed by atoms with Gasteiger partial charge in [0.25, 0.3) is 0 Å². The first kappa shape index (κ1) is 15.5. The summed E-state index contributed by atoms with van der Waals surface area (Å²) in [6, 6.07) is 17.0. The van der Waals surface area contributed by atoms with Gasteiger partial charge < -0.3 is 0 Å². The van der Waals surface area contributed by atoms with Crippen LogP contribution in [-0.4, -0.2) is 5.78 Å². The van der Waals surface area contributed by atoms with Crippen LogP contribution in [0.1, 0.15) is 41.0 Å². The van der Waals surface area contributed by atoms with Crippen molar-refractivity contribution in [2.75, 3.05) is 0 Å². The van der Waals surface area contributed by atoms with E-state index in [9.17, 15) is 4.79 Å². The zero-order chi connectivity index (χ0) is 16.2. The zero-order valence-electron chi connectivity index (χ0n) is 13.8. The van der Waals surface area contributed by atoms with E-state index in [2.05, 4.69) is 74.5 Å². The summed E-state index contributed by atoms with van der Waals surface area (Å²) in [5, 5.41) is 0. The van der Waals surface area contributed by atoms with Gasteiger partial charge in [0.15, 0.2) is 5.78 Å². The van der Waals surface area contributed by atoms with Crippen molar-refractivity contribution in [2.24, 2.45) is 0 Å². The summed E-state index contributed by atoms with van der Waals surface area (Å²) in [5.41, 5.74) is 6.06. The first-order chi connectivity index (χ1) is 11.1. The normalized spacial score (nSPS) is 18.3. The molecular formula is C22H22O. The van der Waals surface area contributed by atoms with Crippen molar-refractivity contribution < 1.29 is 4.79 Å². The molecule has 1 aliphatic rings. The van der Waals surface area contributed by atoms with Gasteiger partial charge in [-0.25, -0.2) is 0 Å². The highest BCUT2D eigenvalue weighted by Gasteiger charge is 2.20. The summed E-state index contributed by atoms with van der Waals surface area (Å²) in [7, 11) is 0. The zero-order valence-corrected chi connectivity index (χ0v) is 13.8. The lowest BCUT2D eigenvalue weighted by Crippen LogP contribution is -2.12. The molecule has 0 heterocycles. The van der Waals surface area contributed by atoms with Crippen molar-refractivity contribution in [1.82, 2.24) is 0 Å². The van der Waals surface area contributed by atoms with Gasteiger partial charge in [0, 0.05) is 6.42 Å². The smallest absolute Gasteiger partial charge is 0.156 e. The fourth-order valence-corrected chi connectivity index (χ4v) is 3.00. The summed E-state index contributed by atoms with van der Waals surface area (Å²) in [5.74, 6) is 0.524. The van der Waals surface area contributed by atoms with Gasteiger partial charge in [0.05, 0.1) is 0 Å². The molecule has 1 nitrogen and oxygen atoms in total. The van der Waals surface area contributed by atoms with E-state index in [1.54, 1.807) is 6.08 Å². The lowest BCUT2D eigenvalue weighted by atomic mass is 9.83. The van der Waals surface area contributed by atoms with Gasteiger partial charge in [-0.15, -0.1) is 0 Å². The van der Waals surface area contributed by atoms with Crippen LogP contribution in [0.25, 0.3) is 6.08 Å². The molecule has 0 amide bonds. The highest BCUT2D eigenvalue weighted by molar-refractivity contribution is 5.92. The minimum absolute atomic E-state index is 0.227. The van der Waals surface area contributed by atoms with Gasteiger partial charge >= 0.3 is 0 Å². The Labute approximate surface area is 138 Å². The Morgan fingerprint density at radius 3 is 2.09 bits per heavy atom. The topological polar surface area (TPSA) is 17.1 Å². The van der Waals surface area contributed by atoms with Crippen LogP contribution < -0.4 is 0 Å². The van der Waals surface area contributed by atoms with Crippen LogP contribution in [0.3, 0.4) is 0 Å². The SMILES string of the molecule is Cc1ccc(/C=C/C2=CC(=O)C[C@@H](c3ccc(C)cc3)C2)cc1. The molecule has 0 N–H and O–H groups in total. The number of ketones is 1. The van der Waals surface area contributed by atoms with Crippen molar-refractivity contribution in [3.8, 4) is 0 Å². The predicted molar refractivity (Wildman–Crippen MR) is 96.5 cm³/mol. The van der Waals surface area contributed by atoms with Gasteiger partial charge in [-0.3, -0.25) is 4.79 Å². The number of aryl methyl sites for hydroxylation is 2. The Morgan fingerprint density at radius 2 is 1.43 bits per heavy atom. The second kappa shape index (κ2) is 6.78. The molecule has 23 heavy (non-hydrogen) atoms. The molecule has 0 saturated carbocycles. The average Bonchev–Trinajstić information content (AvgIpc) is 2.54. The predicted octanol–water partition coefficient (Wildman–Crippen LogP) is 5.39. The summed E-state index contributed by atoms with van der Waals surface area (Å²) < 4.78 is 0. The Hall–Kier alpha value is -2.41. The molecule has 2 aromatic rings. The molecule has 0 aromatic heterocycles. The molecule has 1 atom stereocenters. The molecule has 1 heteroatoms. The van der Waals surface area contributed by atoms with Crippen LogP contribution in [0, 0.1) is 13.8 Å². The lowest BCUT2D eigenvalue weighted by Gasteiger charge is -2.21. The third-order valence-corrected chi connectivity index (χ3v) is 4.39. The van der Waals surface area contributed by atoms with Crippen LogP contribution >= 0.6 is 0 Å². The van der Waals surface area contributed by atoms with Crippen molar-refractivity contribution in [3.05, 3.63) is 88.5 Å². The fourth-order valence-electron chi connectivity index (χ4n) is 3.00. The summed E-state index contributed by atoms with van der Waals surface area (Å²) >= 11 is 0. The fraction of sp³-hybridized carbons (Fsp3) is 0.227. The molecule has 0 aliphatic heterocycles. The maximum atomic E-state index is 12.1. The standard InChI is InChI=1S/C22H22O/c1-16-3-7-18(8-4-16)9-10-19-13-21(15-22(23)14-19)20-11-5-17(2)6-12-20/h3-12,14,21H,13,15H2,1-2H3/b10-9+/t21-/m0/s1. The molecule has 1 aliphatic carbocycles. The van der Waals surface area contributed by atoms with Crippen LogP contribution in [0.4, 0.5) is 0 Å². The molecule has 0 bridgehead atoms. The highest BCUT2D eigenvalue weighted by Crippen LogP contribution is 2.32. The summed E-state index contributed by atoms with van der Waals surface area (Å²) in [6.45, 7) is 4.17. The third-order valence-electron chi connectivity index (χ3n) is 4.39. The van der Waals surface area contributed by atoms with Crippen LogP contribution in [0.5, 0.6) is 0 Å². The second-order valence-corrected chi connectivity index (χ2v) is 6.45. The quantitative estimate of drug-likeness (QED) is 0.743. The average molecular weight is 302 g/mol. The first-order valence-corrected chi connectivity index (χ1v) is 8.15. The number of hydrogen-bond acceptors (Lipinski definition) is 1. The maximum absolute atomic E-state index is 12.1. The minimum atomic E-state index is 0.227. The molecular weight excluding hydrogens is 280 g/mol. The van der Waals surface area contributed by atoms with E-state index >= 15 is 0 Å². The van der Waals surface area contributed by atoms with Crippen molar-refractivity contribution in [1.29, 1.82) is 0 Å². The van der Waals surface area contributed by atoms with Crippen LogP contribution in [0.2, 0.25) is 0 Å². The van der Waals surface area contributed by atoms with Crippen LogP contribution in [0.15, 0.2) is 66.3 Å². The number of carbonyl (C=O) groups excluding carboxylic acids is 1. The molecule has 0 spiro atoms. The Morgan fingerprint density at radius 1 is 0.826 bits per heavy atom. The van der Waals surface area contributed by atoms with Gasteiger partial charge in [-0.05, 0) is 49.0 Å². The minimum Gasteiger partial charge on any atom is -0.295 e. The number of rotatable bonds is 3. The van der Waals surface area contributed by atoms with Gasteiger partial charge in [0.2, 0.25) is 0 Å². The van der Waals surface area contributed by atoms with Gasteiger partial charge in [-0.2, -0.15) is 0 Å². The molecule has 0 fully saturated rings. The first-order valence-electron chi connectivity index (χ1n) is 8.15. The van der Waals surface area contributed by atoms with E-state index in [-0.39, 0.29) is 5.78 Å². The van der Waals surface area contributed by atoms with Gasteiger partial charge in [0.1, 0.15) is 0 Å². The number of hydrogen-bond donors (Lipinski definition) is 0. The number of carbonyl (C=O) groups is 1.